The number of carbonyl (C=O) groups excluding carboxylic acids is 1. The molecule has 0 amide bonds. The smallest absolute Gasteiger partial charge is 0.347 e. The second-order valence-corrected chi connectivity index (χ2v) is 17.1. The first-order chi connectivity index (χ1) is 20.1. The molecule has 0 saturated heterocycles. The Bertz CT molecular complexity index is 1750. The molecule has 0 aliphatic rings. The fourth-order valence-electron chi connectivity index (χ4n) is 4.97. The third-order valence-electron chi connectivity index (χ3n) is 8.69. The average molecular weight is 607 g/mol. The molecule has 9 nitrogen and oxygen atoms in total. The molecule has 0 aliphatic carbocycles. The molecule has 43 heavy (non-hydrogen) atoms. The van der Waals surface area contributed by atoms with Crippen molar-refractivity contribution in [3.05, 3.63) is 75.2 Å². The van der Waals surface area contributed by atoms with E-state index in [2.05, 4.69) is 44.5 Å². The highest BCUT2D eigenvalue weighted by molar-refractivity contribution is 6.74. The number of esters is 1. The van der Waals surface area contributed by atoms with Gasteiger partial charge < -0.3 is 32.9 Å². The first-order valence-electron chi connectivity index (χ1n) is 14.1. The largest absolute Gasteiger partial charge is 0.506 e. The van der Waals surface area contributed by atoms with Crippen molar-refractivity contribution in [3.63, 3.8) is 0 Å². The predicted molar refractivity (Wildman–Crippen MR) is 171 cm³/mol. The molecular weight excluding hydrogens is 564 g/mol. The Balaban J connectivity index is 1.89. The first-order valence-corrected chi connectivity index (χ1v) is 17.0. The topological polar surface area (TPSA) is 101 Å². The summed E-state index contributed by atoms with van der Waals surface area (Å²) < 4.78 is 25.9. The SMILES string of the molecule is COC(=O)c1c(O)c(C)c(-c2ccc3c(c2)cc(CO[Si](C)(C)C(C)(C)C)n3C)n(Cc2ccc(OC)cc2OC)c1=O. The second-order valence-electron chi connectivity index (χ2n) is 12.3. The van der Waals surface area contributed by atoms with Crippen molar-refractivity contribution in [2.75, 3.05) is 21.3 Å². The molecule has 0 radical (unpaired) electrons. The van der Waals surface area contributed by atoms with Crippen molar-refractivity contribution < 1.29 is 28.5 Å². The van der Waals surface area contributed by atoms with E-state index in [1.54, 1.807) is 33.3 Å². The van der Waals surface area contributed by atoms with Gasteiger partial charge in [-0.1, -0.05) is 26.8 Å². The van der Waals surface area contributed by atoms with Gasteiger partial charge in [0.2, 0.25) is 0 Å². The van der Waals surface area contributed by atoms with Gasteiger partial charge in [0.1, 0.15) is 17.2 Å². The molecule has 2 aromatic heterocycles. The fourth-order valence-corrected chi connectivity index (χ4v) is 5.91. The van der Waals surface area contributed by atoms with E-state index in [0.717, 1.165) is 16.6 Å². The van der Waals surface area contributed by atoms with Crippen LogP contribution in [0, 0.1) is 6.92 Å². The van der Waals surface area contributed by atoms with Crippen molar-refractivity contribution in [1.82, 2.24) is 9.13 Å². The number of hydrogen-bond donors (Lipinski definition) is 1. The molecule has 2 heterocycles. The van der Waals surface area contributed by atoms with Crippen LogP contribution < -0.4 is 15.0 Å². The van der Waals surface area contributed by atoms with Gasteiger partial charge in [-0.3, -0.25) is 4.79 Å². The fraction of sp³-hybridized carbons (Fsp3) is 0.394. The number of rotatable bonds is 9. The van der Waals surface area contributed by atoms with Crippen LogP contribution in [0.15, 0.2) is 47.3 Å². The summed E-state index contributed by atoms with van der Waals surface area (Å²) in [5, 5.41) is 12.1. The van der Waals surface area contributed by atoms with Crippen LogP contribution in [0.25, 0.3) is 22.2 Å². The lowest BCUT2D eigenvalue weighted by Crippen LogP contribution is -2.40. The summed E-state index contributed by atoms with van der Waals surface area (Å²) in [6.45, 7) is 13.4. The van der Waals surface area contributed by atoms with Gasteiger partial charge in [-0.2, -0.15) is 0 Å². The Morgan fingerprint density at radius 1 is 1.00 bits per heavy atom. The maximum atomic E-state index is 13.9. The Kier molecular flexibility index (Phi) is 8.85. The van der Waals surface area contributed by atoms with E-state index < -0.39 is 31.2 Å². The molecule has 0 saturated carbocycles. The summed E-state index contributed by atoms with van der Waals surface area (Å²) in [6.07, 6.45) is 0. The van der Waals surface area contributed by atoms with Crippen LogP contribution in [0.2, 0.25) is 18.1 Å². The third-order valence-corrected chi connectivity index (χ3v) is 13.2. The van der Waals surface area contributed by atoms with Crippen LogP contribution in [-0.4, -0.2) is 49.9 Å². The van der Waals surface area contributed by atoms with Gasteiger partial charge in [0, 0.05) is 40.8 Å². The first kappa shape index (κ1) is 31.9. The lowest BCUT2D eigenvalue weighted by molar-refractivity contribution is 0.0594. The maximum Gasteiger partial charge on any atom is 0.347 e. The van der Waals surface area contributed by atoms with Crippen molar-refractivity contribution in [1.29, 1.82) is 0 Å². The van der Waals surface area contributed by atoms with Crippen LogP contribution in [-0.2, 0) is 29.4 Å². The van der Waals surface area contributed by atoms with E-state index >= 15 is 0 Å². The minimum absolute atomic E-state index is 0.0743. The van der Waals surface area contributed by atoms with Crippen molar-refractivity contribution in [2.24, 2.45) is 7.05 Å². The zero-order valence-electron chi connectivity index (χ0n) is 26.7. The molecule has 4 rings (SSSR count). The van der Waals surface area contributed by atoms with E-state index in [-0.39, 0.29) is 11.6 Å². The summed E-state index contributed by atoms with van der Waals surface area (Å²) in [7, 11) is 4.34. The van der Waals surface area contributed by atoms with Gasteiger partial charge >= 0.3 is 5.97 Å². The number of benzene rings is 2. The highest BCUT2D eigenvalue weighted by Gasteiger charge is 2.37. The normalized spacial score (nSPS) is 12.0. The zero-order valence-corrected chi connectivity index (χ0v) is 27.7. The van der Waals surface area contributed by atoms with Crippen molar-refractivity contribution in [3.8, 4) is 28.5 Å². The van der Waals surface area contributed by atoms with Gasteiger partial charge in [-0.15, -0.1) is 0 Å². The van der Waals surface area contributed by atoms with Gasteiger partial charge in [-0.05, 0) is 61.0 Å². The third kappa shape index (κ3) is 5.94. The average Bonchev–Trinajstić information content (AvgIpc) is 3.28. The predicted octanol–water partition coefficient (Wildman–Crippen LogP) is 6.39. The Labute approximate surface area is 253 Å². The molecule has 0 spiro atoms. The lowest BCUT2D eigenvalue weighted by Gasteiger charge is -2.36. The molecule has 0 aliphatic heterocycles. The summed E-state index contributed by atoms with van der Waals surface area (Å²) in [4.78, 5) is 26.5. The highest BCUT2D eigenvalue weighted by Crippen LogP contribution is 2.38. The number of fused-ring (bicyclic) bond motifs is 1. The van der Waals surface area contributed by atoms with Gasteiger partial charge in [0.25, 0.3) is 5.56 Å². The van der Waals surface area contributed by atoms with E-state index in [4.69, 9.17) is 18.6 Å². The number of ether oxygens (including phenoxy) is 3. The molecule has 230 valence electrons. The van der Waals surface area contributed by atoms with Gasteiger partial charge in [-0.25, -0.2) is 4.79 Å². The molecule has 10 heteroatoms. The van der Waals surface area contributed by atoms with E-state index in [1.807, 2.05) is 31.3 Å². The Morgan fingerprint density at radius 3 is 2.30 bits per heavy atom. The number of aromatic nitrogens is 2. The van der Waals surface area contributed by atoms with Crippen LogP contribution in [0.5, 0.6) is 17.2 Å². The quantitative estimate of drug-likeness (QED) is 0.174. The lowest BCUT2D eigenvalue weighted by atomic mass is 10.0. The molecular formula is C33H42N2O7Si. The number of carbonyl (C=O) groups is 1. The molecule has 2 aromatic carbocycles. The number of aromatic hydroxyl groups is 1. The maximum absolute atomic E-state index is 13.9. The van der Waals surface area contributed by atoms with Crippen LogP contribution in [0.1, 0.15) is 48.0 Å². The molecule has 0 fully saturated rings. The number of aryl methyl sites for hydroxylation is 1. The van der Waals surface area contributed by atoms with E-state index in [9.17, 15) is 14.7 Å². The number of hydrogen-bond acceptors (Lipinski definition) is 7. The minimum atomic E-state index is -1.95. The Hall–Kier alpha value is -4.02. The summed E-state index contributed by atoms with van der Waals surface area (Å²) >= 11 is 0. The standard InChI is InChI=1S/C33H42N2O7Si/c1-20-29(21-12-14-26-23(15-21)16-24(34(26)5)19-42-43(9,10)33(2,3)4)35(31(37)28(30(20)36)32(38)41-8)18-22-11-13-25(39-6)17-27(22)40-7/h11-17,36H,18-19H2,1-10H3. The van der Waals surface area contributed by atoms with Crippen molar-refractivity contribution in [2.45, 2.75) is 59.0 Å². The molecule has 0 bridgehead atoms. The van der Waals surface area contributed by atoms with E-state index in [1.165, 1.54) is 11.7 Å². The summed E-state index contributed by atoms with van der Waals surface area (Å²) in [5.74, 6) is -0.181. The highest BCUT2D eigenvalue weighted by atomic mass is 28.4. The molecule has 0 atom stereocenters. The van der Waals surface area contributed by atoms with Crippen molar-refractivity contribution >= 4 is 25.2 Å². The summed E-state index contributed by atoms with van der Waals surface area (Å²) in [5.41, 5.74) is 3.24. The molecule has 4 aromatic rings. The summed E-state index contributed by atoms with van der Waals surface area (Å²) in [6, 6.07) is 13.3. The number of methoxy groups -OCH3 is 3. The van der Waals surface area contributed by atoms with Crippen LogP contribution >= 0.6 is 0 Å². The second kappa shape index (κ2) is 11.9. The van der Waals surface area contributed by atoms with E-state index in [0.29, 0.717) is 40.5 Å². The monoisotopic (exact) mass is 606 g/mol. The Morgan fingerprint density at radius 2 is 1.70 bits per heavy atom. The molecule has 0 unspecified atom stereocenters. The van der Waals surface area contributed by atoms with Gasteiger partial charge in [0.05, 0.1) is 40.2 Å². The van der Waals surface area contributed by atoms with Crippen LogP contribution in [0.4, 0.5) is 0 Å². The number of pyridine rings is 1. The van der Waals surface area contributed by atoms with Crippen LogP contribution in [0.3, 0.4) is 0 Å². The number of nitrogens with zero attached hydrogens (tertiary/aromatic N) is 2. The minimum Gasteiger partial charge on any atom is -0.506 e. The molecule has 1 N–H and O–H groups in total. The van der Waals surface area contributed by atoms with Gasteiger partial charge in [0.15, 0.2) is 13.9 Å². The zero-order chi connectivity index (χ0) is 31.9.